The normalized spacial score (nSPS) is 19.4. The topological polar surface area (TPSA) is 87.2 Å². The molecule has 0 radical (unpaired) electrons. The van der Waals surface area contributed by atoms with Crippen molar-refractivity contribution in [3.8, 4) is 0 Å². The van der Waals surface area contributed by atoms with Gasteiger partial charge in [0.2, 0.25) is 5.91 Å². The average molecular weight is 248 g/mol. The molecule has 0 spiro atoms. The van der Waals surface area contributed by atoms with Gasteiger partial charge >= 0.3 is 0 Å². The number of fused-ring (bicyclic) bond motifs is 1. The molecule has 6 nitrogen and oxygen atoms in total. The minimum atomic E-state index is -0.260. The van der Waals surface area contributed by atoms with Gasteiger partial charge in [0.15, 0.2) is 0 Å². The van der Waals surface area contributed by atoms with Gasteiger partial charge < -0.3 is 0 Å². The van der Waals surface area contributed by atoms with Crippen LogP contribution in [-0.4, -0.2) is 21.8 Å². The molecule has 96 valence electrons. The van der Waals surface area contributed by atoms with Crippen LogP contribution in [0.15, 0.2) is 16.0 Å². The predicted octanol–water partition coefficient (Wildman–Crippen LogP) is 0.583. The fourth-order valence-corrected chi connectivity index (χ4v) is 2.12. The van der Waals surface area contributed by atoms with Crippen LogP contribution in [0.1, 0.15) is 38.4 Å². The highest BCUT2D eigenvalue weighted by Gasteiger charge is 2.31. The molecule has 1 heterocycles. The number of amides is 1. The number of carbonyl (C=O) groups excluding carboxylic acids is 1. The lowest BCUT2D eigenvalue weighted by atomic mass is 9.75. The number of hydrazone groups is 1. The monoisotopic (exact) mass is 248 g/mol. The largest absolute Gasteiger partial charge is 0.274 e. The highest BCUT2D eigenvalue weighted by molar-refractivity contribution is 6.03. The molecule has 1 amide bonds. The van der Waals surface area contributed by atoms with E-state index in [9.17, 15) is 9.59 Å². The lowest BCUT2D eigenvalue weighted by molar-refractivity contribution is -0.118. The van der Waals surface area contributed by atoms with E-state index in [2.05, 4.69) is 34.6 Å². The molecule has 18 heavy (non-hydrogen) atoms. The first kappa shape index (κ1) is 12.5. The second kappa shape index (κ2) is 4.36. The van der Waals surface area contributed by atoms with Crippen molar-refractivity contribution in [2.45, 2.75) is 33.6 Å². The van der Waals surface area contributed by atoms with Crippen LogP contribution in [0.5, 0.6) is 0 Å². The van der Waals surface area contributed by atoms with Gasteiger partial charge in [0, 0.05) is 18.6 Å². The van der Waals surface area contributed by atoms with Crippen molar-refractivity contribution in [1.82, 2.24) is 15.6 Å². The van der Waals surface area contributed by atoms with Crippen molar-refractivity contribution in [2.75, 3.05) is 0 Å². The van der Waals surface area contributed by atoms with Gasteiger partial charge in [-0.05, 0) is 18.3 Å². The molecule has 1 aromatic rings. The van der Waals surface area contributed by atoms with Gasteiger partial charge in [-0.1, -0.05) is 13.8 Å². The van der Waals surface area contributed by atoms with Gasteiger partial charge in [0.25, 0.3) is 5.56 Å². The Morgan fingerprint density at radius 2 is 2.22 bits per heavy atom. The van der Waals surface area contributed by atoms with Crippen LogP contribution in [0.4, 0.5) is 0 Å². The molecule has 0 bridgehead atoms. The van der Waals surface area contributed by atoms with E-state index < -0.39 is 0 Å². The van der Waals surface area contributed by atoms with Crippen LogP contribution >= 0.6 is 0 Å². The zero-order valence-electron chi connectivity index (χ0n) is 10.7. The molecule has 1 aliphatic rings. The van der Waals surface area contributed by atoms with E-state index in [0.717, 1.165) is 17.7 Å². The number of rotatable bonds is 1. The Hall–Kier alpha value is -1.98. The molecule has 2 rings (SSSR count). The number of nitrogens with zero attached hydrogens (tertiary/aromatic N) is 2. The number of H-pyrrole nitrogens is 1. The summed E-state index contributed by atoms with van der Waals surface area (Å²) in [5.41, 5.74) is 4.42. The Balaban J connectivity index is 2.48. The first-order valence-electron chi connectivity index (χ1n) is 5.79. The first-order chi connectivity index (χ1) is 8.37. The minimum Gasteiger partial charge on any atom is -0.274 e. The van der Waals surface area contributed by atoms with Gasteiger partial charge in [0.05, 0.1) is 11.4 Å². The highest BCUT2D eigenvalue weighted by Crippen LogP contribution is 2.33. The van der Waals surface area contributed by atoms with E-state index in [-0.39, 0.29) is 16.9 Å². The quantitative estimate of drug-likeness (QED) is 0.713. The number of aromatic amines is 1. The number of hydrogen-bond acceptors (Lipinski definition) is 4. The van der Waals surface area contributed by atoms with E-state index in [0.29, 0.717) is 12.1 Å². The smallest absolute Gasteiger partial charge is 0.264 e. The van der Waals surface area contributed by atoms with Crippen LogP contribution in [0.3, 0.4) is 0 Å². The number of aromatic nitrogens is 2. The van der Waals surface area contributed by atoms with Crippen LogP contribution in [-0.2, 0) is 11.2 Å². The summed E-state index contributed by atoms with van der Waals surface area (Å²) in [7, 11) is 0. The summed E-state index contributed by atoms with van der Waals surface area (Å²) in [6.45, 7) is 5.60. The van der Waals surface area contributed by atoms with Crippen molar-refractivity contribution in [2.24, 2.45) is 10.5 Å². The van der Waals surface area contributed by atoms with Gasteiger partial charge in [-0.2, -0.15) is 10.2 Å². The van der Waals surface area contributed by atoms with Crippen molar-refractivity contribution in [3.05, 3.63) is 27.7 Å². The molecule has 6 heteroatoms. The lowest BCUT2D eigenvalue weighted by Crippen LogP contribution is -2.32. The molecular formula is C12H16N4O2. The molecule has 1 aliphatic carbocycles. The maximum absolute atomic E-state index is 11.3. The summed E-state index contributed by atoms with van der Waals surface area (Å²) in [5, 5.41) is 10.6. The Kier molecular flexibility index (Phi) is 3.02. The Bertz CT molecular complexity index is 572. The number of nitrogens with one attached hydrogen (secondary N) is 2. The predicted molar refractivity (Wildman–Crippen MR) is 67.3 cm³/mol. The van der Waals surface area contributed by atoms with Gasteiger partial charge in [0.1, 0.15) is 0 Å². The van der Waals surface area contributed by atoms with Crippen molar-refractivity contribution in [1.29, 1.82) is 0 Å². The SMILES string of the molecule is CC(=O)N/N=C1/CC(C)(C)Cc2n[nH]c(=O)cc21. The maximum Gasteiger partial charge on any atom is 0.264 e. The minimum absolute atomic E-state index is 0.00947. The Morgan fingerprint density at radius 3 is 2.89 bits per heavy atom. The van der Waals surface area contributed by atoms with Gasteiger partial charge in [-0.25, -0.2) is 10.5 Å². The zero-order chi connectivity index (χ0) is 13.3. The van der Waals surface area contributed by atoms with Crippen LogP contribution in [0.2, 0.25) is 0 Å². The van der Waals surface area contributed by atoms with E-state index in [1.165, 1.54) is 13.0 Å². The van der Waals surface area contributed by atoms with Crippen LogP contribution in [0.25, 0.3) is 0 Å². The van der Waals surface area contributed by atoms with Crippen molar-refractivity contribution in [3.63, 3.8) is 0 Å². The van der Waals surface area contributed by atoms with Crippen LogP contribution in [0, 0.1) is 5.41 Å². The molecule has 0 atom stereocenters. The van der Waals surface area contributed by atoms with E-state index in [1.807, 2.05) is 0 Å². The molecule has 0 aromatic carbocycles. The summed E-state index contributed by atoms with van der Waals surface area (Å²) in [5.74, 6) is -0.231. The molecule has 0 fully saturated rings. The molecule has 0 unspecified atom stereocenters. The highest BCUT2D eigenvalue weighted by atomic mass is 16.2. The fourth-order valence-electron chi connectivity index (χ4n) is 2.12. The fraction of sp³-hybridized carbons (Fsp3) is 0.500. The van der Waals surface area contributed by atoms with Gasteiger partial charge in [-0.3, -0.25) is 9.59 Å². The Morgan fingerprint density at radius 1 is 1.50 bits per heavy atom. The zero-order valence-corrected chi connectivity index (χ0v) is 10.7. The second-order valence-corrected chi connectivity index (χ2v) is 5.34. The third-order valence-corrected chi connectivity index (χ3v) is 2.84. The molecule has 2 N–H and O–H groups in total. The first-order valence-corrected chi connectivity index (χ1v) is 5.79. The summed E-state index contributed by atoms with van der Waals surface area (Å²) >= 11 is 0. The second-order valence-electron chi connectivity index (χ2n) is 5.34. The average Bonchev–Trinajstić information content (AvgIpc) is 2.26. The lowest BCUT2D eigenvalue weighted by Gasteiger charge is -2.30. The molecule has 1 aromatic heterocycles. The summed E-state index contributed by atoms with van der Waals surface area (Å²) in [6.07, 6.45) is 1.48. The van der Waals surface area contributed by atoms with Crippen molar-refractivity contribution < 1.29 is 4.79 Å². The van der Waals surface area contributed by atoms with Crippen LogP contribution < -0.4 is 11.0 Å². The Labute approximate surface area is 104 Å². The van der Waals surface area contributed by atoms with E-state index in [1.54, 1.807) is 0 Å². The number of hydrogen-bond donors (Lipinski definition) is 2. The maximum atomic E-state index is 11.3. The summed E-state index contributed by atoms with van der Waals surface area (Å²) in [4.78, 5) is 22.3. The molecule has 0 saturated carbocycles. The van der Waals surface area contributed by atoms with E-state index >= 15 is 0 Å². The third kappa shape index (κ3) is 2.64. The third-order valence-electron chi connectivity index (χ3n) is 2.84. The molecule has 0 saturated heterocycles. The van der Waals surface area contributed by atoms with Gasteiger partial charge in [-0.15, -0.1) is 0 Å². The summed E-state index contributed by atoms with van der Waals surface area (Å²) in [6, 6.07) is 1.48. The van der Waals surface area contributed by atoms with Crippen molar-refractivity contribution >= 4 is 11.6 Å². The molecular weight excluding hydrogens is 232 g/mol. The van der Waals surface area contributed by atoms with E-state index in [4.69, 9.17) is 0 Å². The number of carbonyl (C=O) groups is 1. The standard InChI is InChI=1S/C12H16N4O2/c1-7(17)13-14-9-5-12(2,3)6-10-8(9)4-11(18)16-15-10/h4H,5-6H2,1-3H3,(H,13,17)(H,16,18)/b14-9-. The molecule has 0 aliphatic heterocycles. The summed E-state index contributed by atoms with van der Waals surface area (Å²) < 4.78 is 0.